The molecule has 0 radical (unpaired) electrons. The fourth-order valence-corrected chi connectivity index (χ4v) is 2.00. The van der Waals surface area contributed by atoms with Gasteiger partial charge in [-0.15, -0.1) is 0 Å². The predicted molar refractivity (Wildman–Crippen MR) is 81.6 cm³/mol. The molecule has 0 saturated carbocycles. The van der Waals surface area contributed by atoms with Crippen molar-refractivity contribution >= 4 is 11.6 Å². The molecule has 0 amide bonds. The molecule has 0 saturated heterocycles. The third kappa shape index (κ3) is 6.09. The fraction of sp³-hybridized carbons (Fsp3) is 0.600. The molecular formula is C15H24ClNO3. The van der Waals surface area contributed by atoms with Gasteiger partial charge in [0, 0.05) is 45.9 Å². The van der Waals surface area contributed by atoms with Crippen LogP contribution in [0.4, 0.5) is 0 Å². The zero-order chi connectivity index (χ0) is 14.8. The minimum Gasteiger partial charge on any atom is -0.489 e. The molecule has 0 fully saturated rings. The number of ether oxygens (including phenoxy) is 3. The molecule has 1 aromatic rings. The van der Waals surface area contributed by atoms with E-state index in [1.807, 2.05) is 25.1 Å². The van der Waals surface area contributed by atoms with E-state index in [0.29, 0.717) is 24.8 Å². The third-order valence-electron chi connectivity index (χ3n) is 2.89. The first-order chi connectivity index (χ1) is 9.69. The predicted octanol–water partition coefficient (Wildman–Crippen LogP) is 2.88. The second kappa shape index (κ2) is 10.00. The Balaban J connectivity index is 2.62. The van der Waals surface area contributed by atoms with E-state index in [4.69, 9.17) is 25.8 Å². The van der Waals surface area contributed by atoms with E-state index >= 15 is 0 Å². The Bertz CT molecular complexity index is 387. The molecular weight excluding hydrogens is 278 g/mol. The zero-order valence-corrected chi connectivity index (χ0v) is 13.2. The second-order valence-electron chi connectivity index (χ2n) is 4.61. The molecule has 5 heteroatoms. The van der Waals surface area contributed by atoms with Crippen molar-refractivity contribution in [1.29, 1.82) is 0 Å². The Hall–Kier alpha value is -0.810. The topological polar surface area (TPSA) is 39.7 Å². The van der Waals surface area contributed by atoms with Gasteiger partial charge >= 0.3 is 0 Å². The third-order valence-corrected chi connectivity index (χ3v) is 3.19. The molecule has 1 N–H and O–H groups in total. The van der Waals surface area contributed by atoms with E-state index in [1.54, 1.807) is 14.2 Å². The lowest BCUT2D eigenvalue weighted by Gasteiger charge is -2.18. The van der Waals surface area contributed by atoms with Crippen molar-refractivity contribution in [2.75, 3.05) is 34.0 Å². The van der Waals surface area contributed by atoms with E-state index in [0.717, 1.165) is 24.3 Å². The van der Waals surface area contributed by atoms with Crippen molar-refractivity contribution in [3.63, 3.8) is 0 Å². The average Bonchev–Trinajstić information content (AvgIpc) is 2.44. The van der Waals surface area contributed by atoms with Crippen LogP contribution in [0.3, 0.4) is 0 Å². The minimum absolute atomic E-state index is 0.0626. The Kier molecular flexibility index (Phi) is 8.62. The molecule has 0 aliphatic heterocycles. The van der Waals surface area contributed by atoms with Crippen molar-refractivity contribution in [3.8, 4) is 5.75 Å². The number of hydrogen-bond donors (Lipinski definition) is 1. The molecule has 1 aromatic carbocycles. The molecule has 0 aliphatic rings. The first-order valence-corrected chi connectivity index (χ1v) is 7.19. The van der Waals surface area contributed by atoms with Crippen molar-refractivity contribution in [1.82, 2.24) is 5.32 Å². The zero-order valence-electron chi connectivity index (χ0n) is 12.4. The van der Waals surface area contributed by atoms with Gasteiger partial charge in [0.2, 0.25) is 0 Å². The minimum atomic E-state index is 0.0626. The quantitative estimate of drug-likeness (QED) is 0.675. The smallest absolute Gasteiger partial charge is 0.142 e. The van der Waals surface area contributed by atoms with Crippen LogP contribution in [0.1, 0.15) is 18.9 Å². The Morgan fingerprint density at radius 2 is 1.95 bits per heavy atom. The van der Waals surface area contributed by atoms with Crippen molar-refractivity contribution < 1.29 is 14.2 Å². The summed E-state index contributed by atoms with van der Waals surface area (Å²) < 4.78 is 16.0. The molecule has 1 unspecified atom stereocenters. The Morgan fingerprint density at radius 1 is 1.20 bits per heavy atom. The van der Waals surface area contributed by atoms with Crippen LogP contribution in [0.2, 0.25) is 5.02 Å². The molecule has 0 heterocycles. The second-order valence-corrected chi connectivity index (χ2v) is 5.01. The first kappa shape index (κ1) is 17.2. The maximum Gasteiger partial charge on any atom is 0.142 e. The van der Waals surface area contributed by atoms with E-state index in [9.17, 15) is 0 Å². The van der Waals surface area contributed by atoms with E-state index in [1.165, 1.54) is 0 Å². The number of nitrogens with one attached hydrogen (secondary N) is 1. The largest absolute Gasteiger partial charge is 0.489 e. The summed E-state index contributed by atoms with van der Waals surface area (Å²) in [5.74, 6) is 0.752. The van der Waals surface area contributed by atoms with Crippen LogP contribution < -0.4 is 10.1 Å². The number of hydrogen-bond acceptors (Lipinski definition) is 4. The van der Waals surface area contributed by atoms with E-state index < -0.39 is 0 Å². The van der Waals surface area contributed by atoms with E-state index in [-0.39, 0.29) is 6.10 Å². The molecule has 0 aliphatic carbocycles. The molecule has 1 rings (SSSR count). The molecule has 4 nitrogen and oxygen atoms in total. The van der Waals surface area contributed by atoms with Crippen LogP contribution in [0.5, 0.6) is 5.75 Å². The standard InChI is InChI=1S/C15H24ClNO3/c1-12(7-9-18-2)20-15-13(5-4-6-14(15)16)11-17-8-10-19-3/h4-6,12,17H,7-11H2,1-3H3. The number of para-hydroxylation sites is 1. The number of halogens is 1. The lowest BCUT2D eigenvalue weighted by molar-refractivity contribution is 0.134. The highest BCUT2D eigenvalue weighted by atomic mass is 35.5. The molecule has 1 atom stereocenters. The van der Waals surface area contributed by atoms with Gasteiger partial charge in [0.15, 0.2) is 0 Å². The monoisotopic (exact) mass is 301 g/mol. The number of benzene rings is 1. The SMILES string of the molecule is COCCNCc1cccc(Cl)c1OC(C)CCOC. The first-order valence-electron chi connectivity index (χ1n) is 6.81. The highest BCUT2D eigenvalue weighted by Crippen LogP contribution is 2.30. The van der Waals surface area contributed by atoms with Crippen LogP contribution in [-0.2, 0) is 16.0 Å². The van der Waals surface area contributed by atoms with Gasteiger partial charge in [-0.25, -0.2) is 0 Å². The maximum atomic E-state index is 6.24. The molecule has 20 heavy (non-hydrogen) atoms. The summed E-state index contributed by atoms with van der Waals surface area (Å²) in [6, 6.07) is 5.80. The van der Waals surface area contributed by atoms with Gasteiger partial charge in [0.05, 0.1) is 17.7 Å². The lowest BCUT2D eigenvalue weighted by Crippen LogP contribution is -2.20. The lowest BCUT2D eigenvalue weighted by atomic mass is 10.2. The normalized spacial score (nSPS) is 12.4. The molecule has 0 spiro atoms. The average molecular weight is 302 g/mol. The summed E-state index contributed by atoms with van der Waals surface area (Å²) in [7, 11) is 3.38. The van der Waals surface area contributed by atoms with Crippen LogP contribution in [0.25, 0.3) is 0 Å². The highest BCUT2D eigenvalue weighted by Gasteiger charge is 2.12. The Morgan fingerprint density at radius 3 is 2.65 bits per heavy atom. The number of rotatable bonds is 10. The number of methoxy groups -OCH3 is 2. The van der Waals surface area contributed by atoms with Gasteiger partial charge in [0.1, 0.15) is 5.75 Å². The summed E-state index contributed by atoms with van der Waals surface area (Å²) in [6.45, 7) is 4.87. The summed E-state index contributed by atoms with van der Waals surface area (Å²) in [4.78, 5) is 0. The van der Waals surface area contributed by atoms with Crippen molar-refractivity contribution in [3.05, 3.63) is 28.8 Å². The van der Waals surface area contributed by atoms with Gasteiger partial charge in [-0.3, -0.25) is 0 Å². The maximum absolute atomic E-state index is 6.24. The summed E-state index contributed by atoms with van der Waals surface area (Å²) in [5, 5.41) is 3.94. The van der Waals surface area contributed by atoms with Crippen molar-refractivity contribution in [2.45, 2.75) is 26.0 Å². The van der Waals surface area contributed by atoms with Crippen LogP contribution in [0, 0.1) is 0 Å². The molecule has 0 bridgehead atoms. The van der Waals surface area contributed by atoms with Crippen molar-refractivity contribution in [2.24, 2.45) is 0 Å². The van der Waals surface area contributed by atoms with Crippen LogP contribution >= 0.6 is 11.6 Å². The van der Waals surface area contributed by atoms with Gasteiger partial charge < -0.3 is 19.5 Å². The van der Waals surface area contributed by atoms with Gasteiger partial charge in [-0.05, 0) is 13.0 Å². The van der Waals surface area contributed by atoms with Gasteiger partial charge in [0.25, 0.3) is 0 Å². The highest BCUT2D eigenvalue weighted by molar-refractivity contribution is 6.32. The van der Waals surface area contributed by atoms with E-state index in [2.05, 4.69) is 5.32 Å². The fourth-order valence-electron chi connectivity index (χ4n) is 1.77. The van der Waals surface area contributed by atoms with Crippen LogP contribution in [0.15, 0.2) is 18.2 Å². The summed E-state index contributed by atoms with van der Waals surface area (Å²) >= 11 is 6.24. The Labute approximate surface area is 126 Å². The molecule has 114 valence electrons. The van der Waals surface area contributed by atoms with Crippen LogP contribution in [-0.4, -0.2) is 40.1 Å². The van der Waals surface area contributed by atoms with Gasteiger partial charge in [-0.2, -0.15) is 0 Å². The molecule has 0 aromatic heterocycles. The van der Waals surface area contributed by atoms with Gasteiger partial charge in [-0.1, -0.05) is 23.7 Å². The summed E-state index contributed by atoms with van der Waals surface area (Å²) in [5.41, 5.74) is 1.05. The summed E-state index contributed by atoms with van der Waals surface area (Å²) in [6.07, 6.45) is 0.894.